The van der Waals surface area contributed by atoms with Gasteiger partial charge in [-0.1, -0.05) is 67.6 Å². The van der Waals surface area contributed by atoms with Crippen LogP contribution < -0.4 is 52.4 Å². The van der Waals surface area contributed by atoms with Gasteiger partial charge in [0.15, 0.2) is 47.9 Å². The number of amidine groups is 5. The third kappa shape index (κ3) is 21.8. The zero-order valence-corrected chi connectivity index (χ0v) is 80.9. The number of hydrogen-bond acceptors (Lipinski definition) is 38. The predicted octanol–water partition coefficient (Wildman–Crippen LogP) is 2.63. The van der Waals surface area contributed by atoms with E-state index in [1.54, 1.807) is 97.9 Å². The highest BCUT2D eigenvalue weighted by Gasteiger charge is 2.62. The van der Waals surface area contributed by atoms with Gasteiger partial charge in [-0.05, 0) is 160 Å². The van der Waals surface area contributed by atoms with E-state index in [-0.39, 0.29) is 144 Å². The van der Waals surface area contributed by atoms with Crippen molar-refractivity contribution < 1.29 is 153 Å². The first-order chi connectivity index (χ1) is 63.7. The van der Waals surface area contributed by atoms with Crippen LogP contribution >= 0.6 is 0 Å². The molecule has 14 heterocycles. The van der Waals surface area contributed by atoms with Gasteiger partial charge in [-0.15, -0.1) is 22.0 Å². The van der Waals surface area contributed by atoms with Crippen LogP contribution in [0.1, 0.15) is 164 Å². The molecule has 14 N–H and O–H groups in total. The second kappa shape index (κ2) is 37.8. The number of sulfonamides is 5. The number of rotatable bonds is 17. The predicted molar refractivity (Wildman–Crippen MR) is 485 cm³/mol. The summed E-state index contributed by atoms with van der Waals surface area (Å²) < 4.78 is 249. The maximum Gasteiger partial charge on any atom is 0.259 e. The molecule has 1 saturated carbocycles. The van der Waals surface area contributed by atoms with Crippen LogP contribution in [0, 0.1) is 5.92 Å². The maximum absolute atomic E-state index is 12.0. The Morgan fingerprint density at radius 1 is 0.375 bits per heavy atom. The van der Waals surface area contributed by atoms with Gasteiger partial charge in [0.1, 0.15) is 151 Å². The van der Waals surface area contributed by atoms with E-state index in [2.05, 4.69) is 35.8 Å². The maximum atomic E-state index is 12.0. The van der Waals surface area contributed by atoms with Gasteiger partial charge in [-0.3, -0.25) is 0 Å². The summed E-state index contributed by atoms with van der Waals surface area (Å²) >= 11 is 0. The normalized spacial score (nSPS) is 34.4. The number of aliphatic hydroxyl groups excluding tert-OH is 4. The van der Waals surface area contributed by atoms with E-state index in [0.717, 1.165) is 19.3 Å². The summed E-state index contributed by atoms with van der Waals surface area (Å²) in [5, 5.41) is 39.3. The number of hydrogen-bond donors (Lipinski definition) is 9. The number of aliphatic hydroxyl groups is 4. The Labute approximate surface area is 787 Å². The molecule has 0 amide bonds. The number of benzene rings is 5. The van der Waals surface area contributed by atoms with Crippen molar-refractivity contribution >= 4 is 79.3 Å². The van der Waals surface area contributed by atoms with Crippen LogP contribution in [0.25, 0.3) is 0 Å². The molecule has 10 fully saturated rings. The van der Waals surface area contributed by atoms with Crippen molar-refractivity contribution in [3.8, 4) is 28.7 Å². The molecule has 9 saturated heterocycles. The molecule has 746 valence electrons. The van der Waals surface area contributed by atoms with Gasteiger partial charge in [-0.2, -0.15) is 0 Å². The van der Waals surface area contributed by atoms with Crippen molar-refractivity contribution in [2.75, 3.05) is 33.5 Å². The minimum Gasteiger partial charge on any atom is -0.492 e. The molecule has 1 aliphatic carbocycles. The van der Waals surface area contributed by atoms with E-state index < -0.39 is 147 Å². The van der Waals surface area contributed by atoms with Gasteiger partial charge in [-0.25, -0.2) is 42.1 Å². The second-order valence-electron chi connectivity index (χ2n) is 37.8. The molecule has 0 spiro atoms. The summed E-state index contributed by atoms with van der Waals surface area (Å²) in [5.41, 5.74) is 34.2. The molecular weight excluding hydrogens is 1890 g/mol. The van der Waals surface area contributed by atoms with Gasteiger partial charge in [0.2, 0.25) is 0 Å². The Morgan fingerprint density at radius 2 is 0.735 bits per heavy atom. The van der Waals surface area contributed by atoms with Crippen LogP contribution in [-0.4, -0.2) is 283 Å². The first kappa shape index (κ1) is 100. The largest absolute Gasteiger partial charge is 0.492 e. The lowest BCUT2D eigenvalue weighted by atomic mass is 9.81. The third-order valence-corrected chi connectivity index (χ3v) is 30.8. The van der Waals surface area contributed by atoms with Gasteiger partial charge < -0.3 is 139 Å². The average molecular weight is 2000 g/mol. The molecule has 43 nitrogen and oxygen atoms in total. The lowest BCUT2D eigenvalue weighted by Gasteiger charge is -2.37. The zero-order chi connectivity index (χ0) is 98.0. The van der Waals surface area contributed by atoms with Crippen LogP contribution in [0.2, 0.25) is 0 Å². The van der Waals surface area contributed by atoms with Crippen LogP contribution in [0.4, 0.5) is 0 Å². The molecule has 22 atom stereocenters. The van der Waals surface area contributed by atoms with E-state index in [9.17, 15) is 62.5 Å². The molecule has 15 aliphatic rings. The SMILES string of the molecule is CC1(C)CC[C@H](C2OC3OC(C)(C)O[C@@H]3[C@H]2Oc2cccc3c2C(N)=NS(=O)(=O)C3)O1.CC1(C)O[C@@H]2[C@@H]3OC(C)(C)O[C@H]3C(COc3cccc4c3C(N)=NS(=O)(=O)C4)C[C@@H]2O1.CC[C@@H]1O[C@H](COc2cccc3c2C(N)=NS(=O)(=O)C3)[C@H]2OC(C)(C)O[C@H]21.CO[C@@H]1O[C@H](COc2cccc3c2C(N)=NS(=O)(=O)C3)[C@@H](O)[C@H]1O.C[C@@H]1O[C@H](COc2cccc3c2C(N)=NS(=O)(=O)C3)[C@@H](O)[C@H]1O. The lowest BCUT2D eigenvalue weighted by Crippen LogP contribution is -2.52. The summed E-state index contributed by atoms with van der Waals surface area (Å²) in [6.45, 7) is 23.4. The topological polar surface area (TPSA) is 619 Å². The van der Waals surface area contributed by atoms with Gasteiger partial charge in [0, 0.05) is 13.0 Å². The monoisotopic (exact) mass is 2000 g/mol. The number of fused-ring (bicyclic) bond motifs is 10. The molecule has 48 heteroatoms. The van der Waals surface area contributed by atoms with Crippen LogP contribution in [0.3, 0.4) is 0 Å². The quantitative estimate of drug-likeness (QED) is 0.0646. The fraction of sp³-hybridized carbons (Fsp3) is 0.602. The van der Waals surface area contributed by atoms with Crippen molar-refractivity contribution in [2.45, 2.75) is 295 Å². The summed E-state index contributed by atoms with van der Waals surface area (Å²) in [4.78, 5) is 0. The molecule has 0 bridgehead atoms. The summed E-state index contributed by atoms with van der Waals surface area (Å²) in [6.07, 6.45) is -7.62. The number of methoxy groups -OCH3 is 1. The molecule has 5 aromatic rings. The van der Waals surface area contributed by atoms with E-state index in [1.807, 2.05) is 62.3 Å². The Kier molecular flexibility index (Phi) is 27.9. The van der Waals surface area contributed by atoms with Crippen molar-refractivity contribution in [2.24, 2.45) is 56.6 Å². The number of nitrogens with two attached hydrogens (primary N) is 5. The van der Waals surface area contributed by atoms with E-state index >= 15 is 0 Å². The van der Waals surface area contributed by atoms with Crippen molar-refractivity contribution in [3.63, 3.8) is 0 Å². The molecule has 136 heavy (non-hydrogen) atoms. The van der Waals surface area contributed by atoms with Crippen LogP contribution in [0.5, 0.6) is 28.7 Å². The zero-order valence-electron chi connectivity index (χ0n) is 76.8. The average Bonchev–Trinajstić information content (AvgIpc) is 1.59. The fourth-order valence-electron chi connectivity index (χ4n) is 19.4. The van der Waals surface area contributed by atoms with Crippen molar-refractivity contribution in [1.82, 2.24) is 0 Å². The summed E-state index contributed by atoms with van der Waals surface area (Å²) in [7, 11) is -16.7. The van der Waals surface area contributed by atoms with Gasteiger partial charge >= 0.3 is 0 Å². The van der Waals surface area contributed by atoms with Gasteiger partial charge in [0.05, 0.1) is 99.3 Å². The molecule has 0 aromatic heterocycles. The van der Waals surface area contributed by atoms with Crippen LogP contribution in [-0.2, 0) is 145 Å². The summed E-state index contributed by atoms with van der Waals surface area (Å²) in [5.74, 6) is -2.27. The van der Waals surface area contributed by atoms with E-state index in [0.29, 0.717) is 97.4 Å². The highest BCUT2D eigenvalue weighted by Crippen LogP contribution is 2.50. The minimum atomic E-state index is -3.64. The third-order valence-electron chi connectivity index (χ3n) is 25.0. The summed E-state index contributed by atoms with van der Waals surface area (Å²) in [6, 6.07) is 25.5. The standard InChI is InChI=1S/2C21H28N2O7S.C18H24N2O6S.C14H18N2O7S.C14H18N2O6S/c1-20(2)27-14-8-12(16-18(17(14)29-20)30-21(3,4)28-16)9-26-13-7-5-6-11-10-31(24,25)23-19(22)15(11)13;1-20(2)9-8-13(28-20)15-16(17-19(27-15)30-21(3,4)29-17)26-12-7-5-6-11-10-31(24,25)23-18(22)14(11)12;1-4-11-15-16(26-18(2,3)25-15)13(24-11)8-23-12-7-5-6-10-9-27(21,22)20-17(19)14(10)12;1-21-14-12(18)11(17)9(23-14)5-22-8-4-2-3-7-6-24(19,20)16-13(15)10(7)8;1-7-12(17)13(18)10(22-7)5-21-9-4-2-3-8-6-23(19,20)16-14(15)11(8)9/h5-7,12,14,16-18H,8-10H2,1-4H3,(H2,22,23);5-7,13,15-17,19H,8-10H2,1-4H3,(H2,22,23);5-7,11,13,15-16H,4,8-9H2,1-3H3,(H2,19,20);2-4,9,11-12,14,17-18H,5-6H2,1H3,(H2,15,16);2-4,7,10,12-13,17-18H,5-6H2,1H3,(H2,15,16)/t12?,14-,16-,17-,18+;13-,15?,16+,17-,19?;11-,13+,15-,16+;9-,11-,12-,14-;7-,10+,12-,13+/m01010/s1. The molecule has 14 aliphatic heterocycles. The number of ether oxygens (including phenoxy) is 19. The molecular formula is C88H116N10O33S5. The van der Waals surface area contributed by atoms with Crippen molar-refractivity contribution in [1.29, 1.82) is 0 Å². The fourth-order valence-corrected chi connectivity index (χ4v) is 24.8. The first-order valence-corrected chi connectivity index (χ1v) is 52.4. The second-order valence-corrected chi connectivity index (χ2v) is 46.0. The van der Waals surface area contributed by atoms with E-state index in [4.69, 9.17) is 119 Å². The van der Waals surface area contributed by atoms with E-state index in [1.165, 1.54) is 7.11 Å². The minimum absolute atomic E-state index is 0.000942. The Bertz CT molecular complexity index is 6160. The number of nitrogens with zero attached hydrogens (tertiary/aromatic N) is 5. The highest BCUT2D eigenvalue weighted by atomic mass is 32.2. The first-order valence-electron chi connectivity index (χ1n) is 44.3. The van der Waals surface area contributed by atoms with Gasteiger partial charge in [0.25, 0.3) is 50.1 Å². The lowest BCUT2D eigenvalue weighted by molar-refractivity contribution is -0.228. The molecule has 5 aromatic carbocycles. The Morgan fingerprint density at radius 3 is 1.14 bits per heavy atom. The Balaban J connectivity index is 0.000000124. The molecule has 0 radical (unpaired) electrons. The highest BCUT2D eigenvalue weighted by molar-refractivity contribution is 7.90. The Hall–Kier alpha value is -8.52. The van der Waals surface area contributed by atoms with Crippen LogP contribution in [0.15, 0.2) is 113 Å². The smallest absolute Gasteiger partial charge is 0.259 e. The molecule has 3 unspecified atom stereocenters. The van der Waals surface area contributed by atoms with Crippen molar-refractivity contribution in [3.05, 3.63) is 147 Å². The molecule has 20 rings (SSSR count).